The second-order valence-electron chi connectivity index (χ2n) is 7.38. The number of nitrogens with zero attached hydrogens (tertiary/aromatic N) is 1. The Morgan fingerprint density at radius 3 is 1.82 bits per heavy atom. The van der Waals surface area contributed by atoms with E-state index in [4.69, 9.17) is 5.11 Å². The zero-order valence-electron chi connectivity index (χ0n) is 18.3. The molecule has 0 radical (unpaired) electrons. The monoisotopic (exact) mass is 636 g/mol. The summed E-state index contributed by atoms with van der Waals surface area (Å²) in [4.78, 5) is 11.3. The average molecular weight is 636 g/mol. The summed E-state index contributed by atoms with van der Waals surface area (Å²) in [6.07, 6.45) is 0.965. The van der Waals surface area contributed by atoms with Crippen molar-refractivity contribution in [1.29, 1.82) is 0 Å². The number of hydrogen-bond acceptors (Lipinski definition) is 9. The smallest absolute Gasteiger partial charge is 0.431 e. The Bertz CT molecular complexity index is 1270. The lowest BCUT2D eigenvalue weighted by Gasteiger charge is -2.36. The third kappa shape index (κ3) is 6.26. The molecule has 1 fully saturated rings. The predicted molar refractivity (Wildman–Crippen MR) is 107 cm³/mol. The Kier molecular flexibility index (Phi) is 9.78. The van der Waals surface area contributed by atoms with Crippen LogP contribution in [0.3, 0.4) is 0 Å². The maximum absolute atomic E-state index is 14.3. The van der Waals surface area contributed by atoms with Crippen LogP contribution in [0.15, 0.2) is 24.5 Å². The van der Waals surface area contributed by atoms with Gasteiger partial charge in [-0.1, -0.05) is 10.7 Å². The lowest BCUT2D eigenvalue weighted by molar-refractivity contribution is -0.245. The van der Waals surface area contributed by atoms with E-state index in [9.17, 15) is 69.6 Å². The Labute approximate surface area is 209 Å². The topological polar surface area (TPSA) is 164 Å². The Morgan fingerprint density at radius 2 is 1.39 bits per heavy atom. The first kappa shape index (κ1) is 34.1. The van der Waals surface area contributed by atoms with E-state index in [1.807, 2.05) is 0 Å². The molecule has 0 amide bonds. The molecule has 11 nitrogen and oxygen atoms in total. The second kappa shape index (κ2) is 10.9. The molecule has 2 N–H and O–H groups in total. The summed E-state index contributed by atoms with van der Waals surface area (Å²) in [7, 11) is -22.0. The van der Waals surface area contributed by atoms with Crippen molar-refractivity contribution in [2.24, 2.45) is 5.92 Å². The third-order valence-corrected chi connectivity index (χ3v) is 10.0. The lowest BCUT2D eigenvalue weighted by atomic mass is 9.98. The number of nitrogens with one attached hydrogen (secondary N) is 1. The van der Waals surface area contributed by atoms with Crippen LogP contribution in [0.5, 0.6) is 0 Å². The van der Waals surface area contributed by atoms with E-state index in [0.29, 0.717) is 0 Å². The number of ether oxygens (including phenoxy) is 1. The number of carbonyl (C=O) groups is 1. The summed E-state index contributed by atoms with van der Waals surface area (Å²) in [6, 6.07) is 0. The van der Waals surface area contributed by atoms with E-state index >= 15 is 0 Å². The van der Waals surface area contributed by atoms with Crippen molar-refractivity contribution >= 4 is 36.0 Å². The van der Waals surface area contributed by atoms with Crippen LogP contribution in [0.2, 0.25) is 0 Å². The number of alkyl halides is 9. The summed E-state index contributed by atoms with van der Waals surface area (Å²) < 4.78 is 193. The average Bonchev–Trinajstić information content (AvgIpc) is 2.76. The van der Waals surface area contributed by atoms with Crippen LogP contribution in [0.4, 0.5) is 39.5 Å². The van der Waals surface area contributed by atoms with Crippen molar-refractivity contribution in [2.45, 2.75) is 34.8 Å². The number of aliphatic hydroxyl groups excluding tert-OH is 1. The molecule has 1 rings (SSSR count). The van der Waals surface area contributed by atoms with Gasteiger partial charge in [0.05, 0.1) is 18.4 Å². The van der Waals surface area contributed by atoms with E-state index in [2.05, 4.69) is 11.3 Å². The Hall–Kier alpha value is -1.95. The molecule has 0 unspecified atom stereocenters. The third-order valence-electron chi connectivity index (χ3n) is 4.76. The number of halogens is 9. The molecule has 1 saturated heterocycles. The Balaban J connectivity index is 3.16. The van der Waals surface area contributed by atoms with Gasteiger partial charge in [-0.05, 0) is 24.8 Å². The second-order valence-corrected chi connectivity index (χ2v) is 13.0. The number of piperidine rings is 1. The van der Waals surface area contributed by atoms with E-state index in [1.54, 1.807) is 0 Å². The number of allylic oxidation sites excluding steroid dienone is 1. The summed E-state index contributed by atoms with van der Waals surface area (Å²) in [5, 5.41) is -5.69. The molecule has 1 heterocycles. The standard InChI is InChI=1S/C15H17F9N2O9S3/c1-9(8-27)11(28)35-7-4-10-2-5-26(6-3-10)38(33,34)14(20,21)12(16,17)13(18,19)36(29,30)25-37(31,32)15(22,23)24/h4,7,10,25,27H,1-3,5-6,8H2/b7-4-. The highest BCUT2D eigenvalue weighted by atomic mass is 32.3. The molecule has 222 valence electrons. The van der Waals surface area contributed by atoms with Crippen LogP contribution in [0, 0.1) is 5.92 Å². The molecular formula is C15H17F9N2O9S3. The number of aliphatic hydroxyl groups is 1. The van der Waals surface area contributed by atoms with E-state index < -0.39 is 105 Å². The van der Waals surface area contributed by atoms with Crippen LogP contribution in [-0.2, 0) is 39.6 Å². The van der Waals surface area contributed by atoms with Gasteiger partial charge in [0.1, 0.15) is 0 Å². The van der Waals surface area contributed by atoms with Crippen LogP contribution in [0.1, 0.15) is 12.8 Å². The van der Waals surface area contributed by atoms with E-state index in [-0.39, 0.29) is 5.57 Å². The quantitative estimate of drug-likeness (QED) is 0.147. The minimum atomic E-state index is -7.84. The molecule has 23 heteroatoms. The normalized spacial score (nSPS) is 18.1. The van der Waals surface area contributed by atoms with Crippen molar-refractivity contribution < 1.29 is 79.4 Å². The first-order chi connectivity index (χ1) is 16.8. The number of carbonyl (C=O) groups excluding carboxylic acids is 1. The van der Waals surface area contributed by atoms with Gasteiger partial charge < -0.3 is 9.84 Å². The minimum Gasteiger partial charge on any atom is -0.431 e. The van der Waals surface area contributed by atoms with Crippen LogP contribution in [-0.4, -0.2) is 82.3 Å². The van der Waals surface area contributed by atoms with Crippen molar-refractivity contribution in [3.05, 3.63) is 24.5 Å². The number of esters is 1. The highest BCUT2D eigenvalue weighted by molar-refractivity contribution is 8.05. The fourth-order valence-electron chi connectivity index (χ4n) is 2.57. The highest BCUT2D eigenvalue weighted by Crippen LogP contribution is 2.52. The molecule has 0 atom stereocenters. The van der Waals surface area contributed by atoms with Gasteiger partial charge in [0.2, 0.25) is 0 Å². The van der Waals surface area contributed by atoms with Crippen molar-refractivity contribution in [2.75, 3.05) is 19.7 Å². The van der Waals surface area contributed by atoms with E-state index in [1.165, 1.54) is 0 Å². The van der Waals surface area contributed by atoms with Crippen molar-refractivity contribution in [3.63, 3.8) is 0 Å². The first-order valence-corrected chi connectivity index (χ1v) is 13.8. The van der Waals surface area contributed by atoms with Gasteiger partial charge in [-0.25, -0.2) is 30.0 Å². The lowest BCUT2D eigenvalue weighted by Crippen LogP contribution is -2.65. The van der Waals surface area contributed by atoms with Crippen LogP contribution >= 0.6 is 0 Å². The first-order valence-electron chi connectivity index (χ1n) is 9.44. The number of hydrogen-bond donors (Lipinski definition) is 2. The van der Waals surface area contributed by atoms with Gasteiger partial charge in [-0.15, -0.1) is 0 Å². The SMILES string of the molecule is C=C(CO)C(=O)O/C=C\C1CCN(S(=O)(=O)C(F)(F)C(F)(F)C(F)(F)S(=O)(=O)NS(=O)(=O)C(F)(F)F)CC1. The predicted octanol–water partition coefficient (Wildman–Crippen LogP) is 1.22. The number of sulfonamides is 3. The fourth-order valence-corrected chi connectivity index (χ4v) is 6.53. The Morgan fingerprint density at radius 1 is 0.921 bits per heavy atom. The molecule has 0 bridgehead atoms. The maximum Gasteiger partial charge on any atom is 0.512 e. The highest BCUT2D eigenvalue weighted by Gasteiger charge is 2.83. The van der Waals surface area contributed by atoms with E-state index in [0.717, 1.165) is 12.3 Å². The molecule has 0 spiro atoms. The largest absolute Gasteiger partial charge is 0.512 e. The number of rotatable bonds is 11. The van der Waals surface area contributed by atoms with Gasteiger partial charge >= 0.3 is 37.9 Å². The van der Waals surface area contributed by atoms with Gasteiger partial charge in [-0.3, -0.25) is 0 Å². The minimum absolute atomic E-state index is 0.358. The van der Waals surface area contributed by atoms with Gasteiger partial charge in [-0.2, -0.15) is 43.8 Å². The van der Waals surface area contributed by atoms with Crippen molar-refractivity contribution in [1.82, 2.24) is 8.43 Å². The maximum atomic E-state index is 14.3. The zero-order chi connectivity index (χ0) is 30.2. The van der Waals surface area contributed by atoms with Crippen LogP contribution in [0.25, 0.3) is 0 Å². The molecule has 0 aromatic rings. The molecule has 0 aromatic heterocycles. The van der Waals surface area contributed by atoms with Gasteiger partial charge in [0.25, 0.3) is 20.0 Å². The molecular weight excluding hydrogens is 619 g/mol. The molecule has 38 heavy (non-hydrogen) atoms. The van der Waals surface area contributed by atoms with Crippen molar-refractivity contribution in [3.8, 4) is 0 Å². The summed E-state index contributed by atoms with van der Waals surface area (Å²) >= 11 is 0. The molecule has 1 aliphatic rings. The van der Waals surface area contributed by atoms with Gasteiger partial charge in [0, 0.05) is 13.1 Å². The zero-order valence-corrected chi connectivity index (χ0v) is 20.7. The van der Waals surface area contributed by atoms with Crippen LogP contribution < -0.4 is 4.13 Å². The fraction of sp³-hybridized carbons (Fsp3) is 0.667. The molecule has 0 saturated carbocycles. The summed E-state index contributed by atoms with van der Waals surface area (Å²) in [6.45, 7) is 0.302. The summed E-state index contributed by atoms with van der Waals surface area (Å²) in [5.41, 5.74) is -7.02. The summed E-state index contributed by atoms with van der Waals surface area (Å²) in [5.74, 6) is -9.31. The molecule has 0 aromatic carbocycles. The van der Waals surface area contributed by atoms with Gasteiger partial charge in [0.15, 0.2) is 0 Å². The molecule has 0 aliphatic carbocycles. The molecule has 1 aliphatic heterocycles.